The van der Waals surface area contributed by atoms with Crippen molar-refractivity contribution in [2.75, 3.05) is 20.6 Å². The van der Waals surface area contributed by atoms with E-state index in [4.69, 9.17) is 10.3 Å². The first-order valence-corrected chi connectivity index (χ1v) is 6.83. The van der Waals surface area contributed by atoms with Crippen molar-refractivity contribution >= 4 is 0 Å². The number of nitrogens with zero attached hydrogens (tertiary/aromatic N) is 3. The molecule has 0 saturated carbocycles. The summed E-state index contributed by atoms with van der Waals surface area (Å²) in [7, 11) is 3.94. The van der Waals surface area contributed by atoms with Gasteiger partial charge in [0.2, 0.25) is 5.89 Å². The number of nitrogens with two attached hydrogens (primary N) is 1. The molecule has 0 aliphatic rings. The molecule has 0 spiro atoms. The van der Waals surface area contributed by atoms with Crippen molar-refractivity contribution in [2.45, 2.75) is 25.8 Å². The van der Waals surface area contributed by atoms with Crippen LogP contribution in [0.1, 0.15) is 28.9 Å². The third kappa shape index (κ3) is 4.15. The van der Waals surface area contributed by atoms with Crippen LogP contribution in [0.15, 0.2) is 28.8 Å². The number of hydrogen-bond acceptors (Lipinski definition) is 5. The Bertz CT molecular complexity index is 533. The lowest BCUT2D eigenvalue weighted by molar-refractivity contribution is 0.346. The van der Waals surface area contributed by atoms with Gasteiger partial charge in [0.05, 0.1) is 6.04 Å². The Labute approximate surface area is 119 Å². The van der Waals surface area contributed by atoms with E-state index in [1.165, 1.54) is 11.1 Å². The smallest absolute Gasteiger partial charge is 0.227 e. The summed E-state index contributed by atoms with van der Waals surface area (Å²) in [5, 5.41) is 3.96. The summed E-state index contributed by atoms with van der Waals surface area (Å²) in [4.78, 5) is 6.37. The van der Waals surface area contributed by atoms with E-state index in [2.05, 4.69) is 41.3 Å². The molecule has 2 N–H and O–H groups in total. The van der Waals surface area contributed by atoms with Crippen LogP contribution < -0.4 is 5.73 Å². The van der Waals surface area contributed by atoms with Crippen molar-refractivity contribution in [3.05, 3.63) is 47.1 Å². The molecule has 0 radical (unpaired) electrons. The van der Waals surface area contributed by atoms with Crippen LogP contribution in [0.25, 0.3) is 0 Å². The van der Waals surface area contributed by atoms with E-state index in [1.807, 2.05) is 19.0 Å². The van der Waals surface area contributed by atoms with E-state index >= 15 is 0 Å². The Morgan fingerprint density at radius 3 is 2.55 bits per heavy atom. The molecule has 0 saturated heterocycles. The van der Waals surface area contributed by atoms with E-state index in [9.17, 15) is 0 Å². The van der Waals surface area contributed by atoms with Gasteiger partial charge >= 0.3 is 0 Å². The second-order valence-corrected chi connectivity index (χ2v) is 5.40. The van der Waals surface area contributed by atoms with E-state index in [0.717, 1.165) is 12.8 Å². The van der Waals surface area contributed by atoms with Crippen LogP contribution in [0.3, 0.4) is 0 Å². The molecular weight excluding hydrogens is 252 g/mol. The molecule has 0 fully saturated rings. The van der Waals surface area contributed by atoms with Crippen molar-refractivity contribution in [3.8, 4) is 0 Å². The molecule has 5 heteroatoms. The van der Waals surface area contributed by atoms with Crippen LogP contribution in [-0.4, -0.2) is 35.7 Å². The molecule has 1 aromatic carbocycles. The van der Waals surface area contributed by atoms with Crippen molar-refractivity contribution in [2.24, 2.45) is 5.73 Å². The third-order valence-electron chi connectivity index (χ3n) is 3.13. The fourth-order valence-electron chi connectivity index (χ4n) is 2.00. The highest BCUT2D eigenvalue weighted by molar-refractivity contribution is 5.21. The van der Waals surface area contributed by atoms with E-state index in [-0.39, 0.29) is 6.04 Å². The average molecular weight is 274 g/mol. The molecule has 1 aromatic heterocycles. The summed E-state index contributed by atoms with van der Waals surface area (Å²) in [6.45, 7) is 2.79. The van der Waals surface area contributed by atoms with Crippen LogP contribution >= 0.6 is 0 Å². The number of aryl methyl sites for hydroxylation is 3. The highest BCUT2D eigenvalue weighted by Gasteiger charge is 2.14. The molecule has 108 valence electrons. The van der Waals surface area contributed by atoms with Gasteiger partial charge in [-0.15, -0.1) is 0 Å². The van der Waals surface area contributed by atoms with Gasteiger partial charge in [0, 0.05) is 13.0 Å². The first-order valence-electron chi connectivity index (χ1n) is 6.83. The first kappa shape index (κ1) is 14.7. The molecule has 2 rings (SSSR count). The fraction of sp³-hybridized carbons (Fsp3) is 0.467. The summed E-state index contributed by atoms with van der Waals surface area (Å²) in [6.07, 6.45) is 1.63. The van der Waals surface area contributed by atoms with Crippen LogP contribution in [0.2, 0.25) is 0 Å². The molecule has 20 heavy (non-hydrogen) atoms. The predicted molar refractivity (Wildman–Crippen MR) is 78.4 cm³/mol. The van der Waals surface area contributed by atoms with Gasteiger partial charge in [0.15, 0.2) is 5.82 Å². The van der Waals surface area contributed by atoms with Gasteiger partial charge < -0.3 is 15.2 Å². The Morgan fingerprint density at radius 1 is 1.20 bits per heavy atom. The average Bonchev–Trinajstić information content (AvgIpc) is 2.86. The number of benzene rings is 1. The summed E-state index contributed by atoms with van der Waals surface area (Å²) in [5.74, 6) is 1.23. The number of rotatable bonds is 6. The second-order valence-electron chi connectivity index (χ2n) is 5.40. The molecule has 1 heterocycles. The lowest BCUT2D eigenvalue weighted by Gasteiger charge is -2.12. The standard InChI is InChI=1S/C15H22N4O/c1-11-4-6-12(7-5-11)8-9-14-17-15(18-20-14)13(16)10-19(2)3/h4-7,13H,8-10,16H2,1-3H3. The Morgan fingerprint density at radius 2 is 1.90 bits per heavy atom. The topological polar surface area (TPSA) is 68.2 Å². The Hall–Kier alpha value is -1.72. The van der Waals surface area contributed by atoms with Gasteiger partial charge in [-0.3, -0.25) is 0 Å². The van der Waals surface area contributed by atoms with E-state index in [1.54, 1.807) is 0 Å². The van der Waals surface area contributed by atoms with Crippen molar-refractivity contribution in [1.82, 2.24) is 15.0 Å². The number of likely N-dealkylation sites (N-methyl/N-ethyl adjacent to an activating group) is 1. The number of aromatic nitrogens is 2. The van der Waals surface area contributed by atoms with Gasteiger partial charge in [-0.05, 0) is 33.0 Å². The second kappa shape index (κ2) is 6.63. The molecule has 0 aliphatic heterocycles. The molecule has 1 unspecified atom stereocenters. The minimum Gasteiger partial charge on any atom is -0.339 e. The SMILES string of the molecule is Cc1ccc(CCc2nc(C(N)CN(C)C)no2)cc1. The van der Waals surface area contributed by atoms with Crippen molar-refractivity contribution in [1.29, 1.82) is 0 Å². The van der Waals surface area contributed by atoms with Crippen LogP contribution in [0.5, 0.6) is 0 Å². The fourth-order valence-corrected chi connectivity index (χ4v) is 2.00. The summed E-state index contributed by atoms with van der Waals surface area (Å²) >= 11 is 0. The van der Waals surface area contributed by atoms with E-state index < -0.39 is 0 Å². The summed E-state index contributed by atoms with van der Waals surface area (Å²) in [5.41, 5.74) is 8.54. The van der Waals surface area contributed by atoms with Gasteiger partial charge in [-0.1, -0.05) is 35.0 Å². The minimum atomic E-state index is -0.207. The molecule has 1 atom stereocenters. The quantitative estimate of drug-likeness (QED) is 0.868. The monoisotopic (exact) mass is 274 g/mol. The zero-order valence-electron chi connectivity index (χ0n) is 12.3. The van der Waals surface area contributed by atoms with Crippen molar-refractivity contribution in [3.63, 3.8) is 0 Å². The maximum Gasteiger partial charge on any atom is 0.227 e. The van der Waals surface area contributed by atoms with Gasteiger partial charge in [-0.2, -0.15) is 4.98 Å². The maximum atomic E-state index is 6.01. The molecule has 0 amide bonds. The largest absolute Gasteiger partial charge is 0.339 e. The molecule has 5 nitrogen and oxygen atoms in total. The normalized spacial score (nSPS) is 12.8. The van der Waals surface area contributed by atoms with Gasteiger partial charge in [0.25, 0.3) is 0 Å². The molecule has 2 aromatic rings. The van der Waals surface area contributed by atoms with Gasteiger partial charge in [0.1, 0.15) is 0 Å². The highest BCUT2D eigenvalue weighted by Crippen LogP contribution is 2.10. The molecule has 0 aliphatic carbocycles. The predicted octanol–water partition coefficient (Wildman–Crippen LogP) is 1.72. The lowest BCUT2D eigenvalue weighted by atomic mass is 10.1. The lowest BCUT2D eigenvalue weighted by Crippen LogP contribution is -2.26. The number of hydrogen-bond donors (Lipinski definition) is 1. The zero-order valence-corrected chi connectivity index (χ0v) is 12.3. The minimum absolute atomic E-state index is 0.207. The highest BCUT2D eigenvalue weighted by atomic mass is 16.5. The van der Waals surface area contributed by atoms with Gasteiger partial charge in [-0.25, -0.2) is 0 Å². The zero-order chi connectivity index (χ0) is 14.5. The van der Waals surface area contributed by atoms with Crippen LogP contribution in [-0.2, 0) is 12.8 Å². The van der Waals surface area contributed by atoms with Crippen LogP contribution in [0.4, 0.5) is 0 Å². The van der Waals surface area contributed by atoms with Crippen molar-refractivity contribution < 1.29 is 4.52 Å². The molecular formula is C15H22N4O. The maximum absolute atomic E-state index is 6.01. The third-order valence-corrected chi connectivity index (χ3v) is 3.13. The summed E-state index contributed by atoms with van der Waals surface area (Å²) < 4.78 is 5.25. The van der Waals surface area contributed by atoms with E-state index in [0.29, 0.717) is 18.3 Å². The summed E-state index contributed by atoms with van der Waals surface area (Å²) in [6, 6.07) is 8.28. The first-order chi connectivity index (χ1) is 9.54. The molecule has 0 bridgehead atoms. The Balaban J connectivity index is 1.91. The van der Waals surface area contributed by atoms with Crippen LogP contribution in [0, 0.1) is 6.92 Å². The Kier molecular flexibility index (Phi) is 4.87.